The Hall–Kier alpha value is -0.570. The quantitative estimate of drug-likeness (QED) is 0.314. The third-order valence-corrected chi connectivity index (χ3v) is 1.97. The van der Waals surface area contributed by atoms with Gasteiger partial charge in [0.2, 0.25) is 0 Å². The van der Waals surface area contributed by atoms with Crippen molar-refractivity contribution in [2.24, 2.45) is 0 Å². The molecule has 0 aliphatic heterocycles. The summed E-state index contributed by atoms with van der Waals surface area (Å²) in [5.74, 6) is -0.306. The van der Waals surface area contributed by atoms with Crippen LogP contribution in [0.15, 0.2) is 23.8 Å². The van der Waals surface area contributed by atoms with Gasteiger partial charge in [-0.25, -0.2) is 4.79 Å². The number of alkyl halides is 1. The van der Waals surface area contributed by atoms with Crippen LogP contribution in [-0.2, 0) is 9.53 Å². The van der Waals surface area contributed by atoms with E-state index in [1.54, 1.807) is 13.0 Å². The Bertz CT molecular complexity index is 194. The Morgan fingerprint density at radius 1 is 1.73 bits per heavy atom. The zero-order chi connectivity index (χ0) is 8.85. The van der Waals surface area contributed by atoms with Crippen molar-refractivity contribution in [2.75, 3.05) is 12.4 Å². The van der Waals surface area contributed by atoms with Crippen molar-refractivity contribution in [1.82, 2.24) is 0 Å². The summed E-state index contributed by atoms with van der Waals surface area (Å²) in [6.07, 6.45) is 1.64. The molecule has 0 fully saturated rings. The van der Waals surface area contributed by atoms with Gasteiger partial charge in [-0.3, -0.25) is 0 Å². The maximum Gasteiger partial charge on any atom is 0.333 e. The Morgan fingerprint density at radius 2 is 2.27 bits per heavy atom. The summed E-state index contributed by atoms with van der Waals surface area (Å²) in [5.41, 5.74) is 1.45. The fourth-order valence-corrected chi connectivity index (χ4v) is 1.24. The monoisotopic (exact) mass is 218 g/mol. The van der Waals surface area contributed by atoms with Gasteiger partial charge in [-0.1, -0.05) is 28.6 Å². The molecule has 0 aromatic carbocycles. The van der Waals surface area contributed by atoms with Crippen molar-refractivity contribution in [2.45, 2.75) is 6.92 Å². The minimum absolute atomic E-state index is 0.306. The highest BCUT2D eigenvalue weighted by molar-refractivity contribution is 9.09. The predicted molar refractivity (Wildman–Crippen MR) is 48.7 cm³/mol. The van der Waals surface area contributed by atoms with Gasteiger partial charge in [0.25, 0.3) is 0 Å². The van der Waals surface area contributed by atoms with E-state index >= 15 is 0 Å². The molecule has 0 saturated heterocycles. The van der Waals surface area contributed by atoms with Crippen LogP contribution < -0.4 is 0 Å². The first kappa shape index (κ1) is 10.4. The lowest BCUT2D eigenvalue weighted by Crippen LogP contribution is -2.04. The summed E-state index contributed by atoms with van der Waals surface area (Å²) in [6.45, 7) is 5.29. The molecule has 0 amide bonds. The molecule has 0 radical (unpaired) electrons. The summed E-state index contributed by atoms with van der Waals surface area (Å²) >= 11 is 3.24. The molecule has 0 spiro atoms. The molecule has 11 heavy (non-hydrogen) atoms. The van der Waals surface area contributed by atoms with Gasteiger partial charge in [0, 0.05) is 10.9 Å². The number of carbonyl (C=O) groups is 1. The molecule has 0 saturated carbocycles. The lowest BCUT2D eigenvalue weighted by atomic mass is 10.1. The second-order valence-corrected chi connectivity index (χ2v) is 2.54. The minimum Gasteiger partial charge on any atom is -0.466 e. The largest absolute Gasteiger partial charge is 0.466 e. The van der Waals surface area contributed by atoms with Crippen molar-refractivity contribution in [1.29, 1.82) is 0 Å². The van der Waals surface area contributed by atoms with Crippen LogP contribution in [0.1, 0.15) is 6.92 Å². The molecule has 0 unspecified atom stereocenters. The number of hydrogen-bond acceptors (Lipinski definition) is 2. The van der Waals surface area contributed by atoms with Gasteiger partial charge in [0.15, 0.2) is 0 Å². The van der Waals surface area contributed by atoms with E-state index in [4.69, 9.17) is 0 Å². The van der Waals surface area contributed by atoms with E-state index in [1.165, 1.54) is 7.11 Å². The van der Waals surface area contributed by atoms with E-state index in [0.29, 0.717) is 10.9 Å². The van der Waals surface area contributed by atoms with Crippen molar-refractivity contribution >= 4 is 21.9 Å². The number of carbonyl (C=O) groups excluding carboxylic acids is 1. The molecule has 0 N–H and O–H groups in total. The number of esters is 1. The maximum atomic E-state index is 10.9. The van der Waals surface area contributed by atoms with E-state index in [-0.39, 0.29) is 5.97 Å². The van der Waals surface area contributed by atoms with Crippen LogP contribution >= 0.6 is 15.9 Å². The Balaban J connectivity index is 4.60. The third-order valence-electron chi connectivity index (χ3n) is 1.36. The normalized spacial score (nSPS) is 11.9. The summed E-state index contributed by atoms with van der Waals surface area (Å²) in [4.78, 5) is 10.9. The van der Waals surface area contributed by atoms with Crippen LogP contribution in [-0.4, -0.2) is 18.4 Å². The van der Waals surface area contributed by atoms with Crippen LogP contribution in [0.5, 0.6) is 0 Å². The predicted octanol–water partition coefficient (Wildman–Crippen LogP) is 2.06. The van der Waals surface area contributed by atoms with Gasteiger partial charge < -0.3 is 4.74 Å². The van der Waals surface area contributed by atoms with Crippen LogP contribution in [0.4, 0.5) is 0 Å². The summed E-state index contributed by atoms with van der Waals surface area (Å²) < 4.78 is 4.53. The molecule has 2 nitrogen and oxygen atoms in total. The second-order valence-electron chi connectivity index (χ2n) is 1.98. The van der Waals surface area contributed by atoms with Crippen molar-refractivity contribution in [3.8, 4) is 0 Å². The highest BCUT2D eigenvalue weighted by atomic mass is 79.9. The fraction of sp³-hybridized carbons (Fsp3) is 0.375. The molecular weight excluding hydrogens is 208 g/mol. The molecule has 0 aromatic heterocycles. The lowest BCUT2D eigenvalue weighted by molar-refractivity contribution is -0.136. The second kappa shape index (κ2) is 5.13. The average molecular weight is 219 g/mol. The topological polar surface area (TPSA) is 26.3 Å². The molecule has 62 valence electrons. The Morgan fingerprint density at radius 3 is 2.55 bits per heavy atom. The van der Waals surface area contributed by atoms with E-state index < -0.39 is 0 Å². The summed E-state index contributed by atoms with van der Waals surface area (Å²) in [5, 5.41) is 0.622. The van der Waals surface area contributed by atoms with Crippen molar-refractivity contribution < 1.29 is 9.53 Å². The SMILES string of the molecule is C=C/C(CBr)=C(\C)C(=O)OC. The lowest BCUT2D eigenvalue weighted by Gasteiger charge is -2.02. The van der Waals surface area contributed by atoms with Gasteiger partial charge in [-0.2, -0.15) is 0 Å². The fourth-order valence-electron chi connectivity index (χ4n) is 0.592. The number of ether oxygens (including phenoxy) is 1. The van der Waals surface area contributed by atoms with Crippen LogP contribution in [0, 0.1) is 0 Å². The van der Waals surface area contributed by atoms with Gasteiger partial charge in [-0.05, 0) is 12.5 Å². The molecule has 0 aliphatic carbocycles. The van der Waals surface area contributed by atoms with Crippen molar-refractivity contribution in [3.63, 3.8) is 0 Å². The minimum atomic E-state index is -0.306. The first-order valence-electron chi connectivity index (χ1n) is 3.13. The first-order chi connectivity index (χ1) is 5.17. The summed E-state index contributed by atoms with van der Waals surface area (Å²) in [7, 11) is 1.36. The molecule has 0 aromatic rings. The van der Waals surface area contributed by atoms with Crippen molar-refractivity contribution in [3.05, 3.63) is 23.8 Å². The Kier molecular flexibility index (Phi) is 4.86. The molecule has 0 aliphatic rings. The van der Waals surface area contributed by atoms with Crippen LogP contribution in [0.3, 0.4) is 0 Å². The number of hydrogen-bond donors (Lipinski definition) is 0. The number of rotatable bonds is 3. The van der Waals surface area contributed by atoms with E-state index in [9.17, 15) is 4.79 Å². The molecule has 3 heteroatoms. The Labute approximate surface area is 75.1 Å². The molecular formula is C8H11BrO2. The smallest absolute Gasteiger partial charge is 0.333 e. The maximum absolute atomic E-state index is 10.9. The van der Waals surface area contributed by atoms with Gasteiger partial charge in [-0.15, -0.1) is 0 Å². The zero-order valence-corrected chi connectivity index (χ0v) is 8.27. The molecule has 0 heterocycles. The average Bonchev–Trinajstić information content (AvgIpc) is 2.05. The number of methoxy groups -OCH3 is 1. The number of halogens is 1. The highest BCUT2D eigenvalue weighted by Gasteiger charge is 2.06. The van der Waals surface area contributed by atoms with Gasteiger partial charge in [0.05, 0.1) is 7.11 Å². The molecule has 0 atom stereocenters. The standard InChI is InChI=1S/C8H11BrO2/c1-4-7(5-9)6(2)8(10)11-3/h4H,1,5H2,2-3H3/b7-6-. The van der Waals surface area contributed by atoms with E-state index in [1.807, 2.05) is 0 Å². The first-order valence-corrected chi connectivity index (χ1v) is 4.26. The third kappa shape index (κ3) is 2.89. The van der Waals surface area contributed by atoms with Crippen LogP contribution in [0.2, 0.25) is 0 Å². The molecule has 0 bridgehead atoms. The zero-order valence-electron chi connectivity index (χ0n) is 6.69. The van der Waals surface area contributed by atoms with Crippen LogP contribution in [0.25, 0.3) is 0 Å². The van der Waals surface area contributed by atoms with Gasteiger partial charge in [0.1, 0.15) is 0 Å². The summed E-state index contributed by atoms with van der Waals surface area (Å²) in [6, 6.07) is 0. The molecule has 0 rings (SSSR count). The van der Waals surface area contributed by atoms with Gasteiger partial charge >= 0.3 is 5.97 Å². The highest BCUT2D eigenvalue weighted by Crippen LogP contribution is 2.09. The number of allylic oxidation sites excluding steroid dienone is 2. The van der Waals surface area contributed by atoms with E-state index in [2.05, 4.69) is 27.2 Å². The van der Waals surface area contributed by atoms with E-state index in [0.717, 1.165) is 5.57 Å².